The molecule has 0 aliphatic rings. The number of benzene rings is 2. The van der Waals surface area contributed by atoms with E-state index in [0.717, 1.165) is 21.8 Å². The maximum absolute atomic E-state index is 12.6. The van der Waals surface area contributed by atoms with Crippen LogP contribution in [0, 0.1) is 18.3 Å². The Balaban J connectivity index is 2.03. The van der Waals surface area contributed by atoms with Crippen LogP contribution in [-0.2, 0) is 0 Å². The highest BCUT2D eigenvalue weighted by atomic mass is 32.2. The number of hydrogen-bond acceptors (Lipinski definition) is 4. The summed E-state index contributed by atoms with van der Waals surface area (Å²) in [6.45, 7) is 7.72. The molecule has 0 fully saturated rings. The van der Waals surface area contributed by atoms with Gasteiger partial charge in [-0.1, -0.05) is 12.6 Å². The molecule has 0 heterocycles. The molecule has 0 unspecified atom stereocenters. The minimum Gasteiger partial charge on any atom is -0.322 e. The van der Waals surface area contributed by atoms with Crippen molar-refractivity contribution < 1.29 is 4.79 Å². The first-order chi connectivity index (χ1) is 13.0. The van der Waals surface area contributed by atoms with Gasteiger partial charge in [-0.05, 0) is 67.5 Å². The van der Waals surface area contributed by atoms with Crippen LogP contribution in [0.15, 0.2) is 76.8 Å². The molecule has 2 aromatic carbocycles. The average molecular weight is 375 g/mol. The zero-order valence-electron chi connectivity index (χ0n) is 15.4. The molecule has 0 radical (unpaired) electrons. The Morgan fingerprint density at radius 3 is 2.85 bits per heavy atom. The minimum absolute atomic E-state index is 0.179. The van der Waals surface area contributed by atoms with E-state index >= 15 is 0 Å². The molecule has 0 saturated carbocycles. The minimum atomic E-state index is -0.179. The third-order valence-corrected chi connectivity index (χ3v) is 4.77. The summed E-state index contributed by atoms with van der Waals surface area (Å²) in [5.41, 5.74) is 3.66. The number of thioether (sulfide) groups is 1. The van der Waals surface area contributed by atoms with Gasteiger partial charge in [0.15, 0.2) is 0 Å². The second-order valence-corrected chi connectivity index (χ2v) is 6.84. The predicted molar refractivity (Wildman–Crippen MR) is 113 cm³/mol. The molecule has 136 valence electrons. The molecule has 27 heavy (non-hydrogen) atoms. The van der Waals surface area contributed by atoms with Crippen molar-refractivity contribution in [2.24, 2.45) is 4.99 Å². The van der Waals surface area contributed by atoms with Crippen LogP contribution in [0.4, 0.5) is 5.69 Å². The zero-order chi connectivity index (χ0) is 19.6. The SMILES string of the molecule is C=C(/C=C\N=CC)CSc1cccc(C(=O)Nc2ccc(C#N)cc2C)c1. The predicted octanol–water partition coefficient (Wildman–Crippen LogP) is 5.37. The van der Waals surface area contributed by atoms with Crippen molar-refractivity contribution in [1.82, 2.24) is 0 Å². The van der Waals surface area contributed by atoms with Crippen molar-refractivity contribution in [3.05, 3.63) is 83.6 Å². The van der Waals surface area contributed by atoms with E-state index in [1.165, 1.54) is 0 Å². The molecule has 0 aliphatic carbocycles. The number of aryl methyl sites for hydroxylation is 1. The van der Waals surface area contributed by atoms with Crippen LogP contribution in [0.1, 0.15) is 28.4 Å². The number of allylic oxidation sites excluding steroid dienone is 1. The molecule has 0 aliphatic heterocycles. The van der Waals surface area contributed by atoms with Gasteiger partial charge in [0.05, 0.1) is 11.6 Å². The quantitative estimate of drug-likeness (QED) is 0.402. The monoisotopic (exact) mass is 375 g/mol. The number of hydrogen-bond donors (Lipinski definition) is 1. The van der Waals surface area contributed by atoms with E-state index in [1.54, 1.807) is 48.4 Å². The van der Waals surface area contributed by atoms with E-state index in [2.05, 4.69) is 23.0 Å². The number of amides is 1. The van der Waals surface area contributed by atoms with Crippen LogP contribution in [0.25, 0.3) is 0 Å². The van der Waals surface area contributed by atoms with Gasteiger partial charge in [0.2, 0.25) is 0 Å². The van der Waals surface area contributed by atoms with Gasteiger partial charge in [0, 0.05) is 34.3 Å². The molecule has 0 bridgehead atoms. The van der Waals surface area contributed by atoms with Gasteiger partial charge in [-0.15, -0.1) is 11.8 Å². The molecule has 1 amide bonds. The van der Waals surface area contributed by atoms with Crippen LogP contribution in [0.2, 0.25) is 0 Å². The van der Waals surface area contributed by atoms with Gasteiger partial charge < -0.3 is 5.32 Å². The fourth-order valence-corrected chi connectivity index (χ4v) is 3.09. The Morgan fingerprint density at radius 1 is 1.33 bits per heavy atom. The second kappa shape index (κ2) is 10.1. The topological polar surface area (TPSA) is 65.2 Å². The summed E-state index contributed by atoms with van der Waals surface area (Å²) < 4.78 is 0. The first-order valence-electron chi connectivity index (χ1n) is 8.40. The van der Waals surface area contributed by atoms with Crippen molar-refractivity contribution in [2.75, 3.05) is 11.1 Å². The summed E-state index contributed by atoms with van der Waals surface area (Å²) in [5.74, 6) is 0.538. The van der Waals surface area contributed by atoms with Crippen molar-refractivity contribution in [2.45, 2.75) is 18.7 Å². The molecule has 2 rings (SSSR count). The Kier molecular flexibility index (Phi) is 7.60. The number of carbonyl (C=O) groups is 1. The highest BCUT2D eigenvalue weighted by Gasteiger charge is 2.09. The number of carbonyl (C=O) groups excluding carboxylic acids is 1. The van der Waals surface area contributed by atoms with Gasteiger partial charge in [0.25, 0.3) is 5.91 Å². The molecule has 4 nitrogen and oxygen atoms in total. The smallest absolute Gasteiger partial charge is 0.255 e. The zero-order valence-corrected chi connectivity index (χ0v) is 16.2. The number of nitriles is 1. The number of nitrogens with one attached hydrogen (secondary N) is 1. The van der Waals surface area contributed by atoms with Crippen LogP contribution >= 0.6 is 11.8 Å². The largest absolute Gasteiger partial charge is 0.322 e. The number of anilines is 1. The number of rotatable bonds is 7. The van der Waals surface area contributed by atoms with E-state index in [9.17, 15) is 4.79 Å². The molecule has 5 heteroatoms. The maximum Gasteiger partial charge on any atom is 0.255 e. The second-order valence-electron chi connectivity index (χ2n) is 5.79. The van der Waals surface area contributed by atoms with E-state index in [4.69, 9.17) is 5.26 Å². The van der Waals surface area contributed by atoms with E-state index in [1.807, 2.05) is 38.1 Å². The Labute approximate surface area is 164 Å². The molecular weight excluding hydrogens is 354 g/mol. The molecule has 1 N–H and O–H groups in total. The first kappa shape index (κ1) is 20.2. The lowest BCUT2D eigenvalue weighted by molar-refractivity contribution is 0.102. The van der Waals surface area contributed by atoms with Crippen LogP contribution in [-0.4, -0.2) is 17.9 Å². The van der Waals surface area contributed by atoms with Gasteiger partial charge in [0.1, 0.15) is 0 Å². The summed E-state index contributed by atoms with van der Waals surface area (Å²) in [6.07, 6.45) is 5.30. The van der Waals surface area contributed by atoms with Gasteiger partial charge in [-0.25, -0.2) is 0 Å². The molecular formula is C22H21N3OS. The fourth-order valence-electron chi connectivity index (χ4n) is 2.25. The van der Waals surface area contributed by atoms with Crippen molar-refractivity contribution >= 4 is 29.6 Å². The fraction of sp³-hybridized carbons (Fsp3) is 0.136. The summed E-state index contributed by atoms with van der Waals surface area (Å²) in [7, 11) is 0. The van der Waals surface area contributed by atoms with E-state index in [0.29, 0.717) is 16.8 Å². The Morgan fingerprint density at radius 2 is 2.15 bits per heavy atom. The Hall–Kier alpha value is -3.10. The van der Waals surface area contributed by atoms with Crippen molar-refractivity contribution in [1.29, 1.82) is 5.26 Å². The number of aliphatic imine (C=N–C) groups is 1. The lowest BCUT2D eigenvalue weighted by Crippen LogP contribution is -2.12. The normalized spacial score (nSPS) is 10.9. The van der Waals surface area contributed by atoms with Crippen molar-refractivity contribution in [3.8, 4) is 6.07 Å². The van der Waals surface area contributed by atoms with E-state index < -0.39 is 0 Å². The summed E-state index contributed by atoms with van der Waals surface area (Å²) in [6, 6.07) is 14.8. The lowest BCUT2D eigenvalue weighted by atomic mass is 10.1. The van der Waals surface area contributed by atoms with E-state index in [-0.39, 0.29) is 5.91 Å². The molecule has 0 aromatic heterocycles. The molecule has 0 atom stereocenters. The van der Waals surface area contributed by atoms with Crippen LogP contribution < -0.4 is 5.32 Å². The Bertz CT molecular complexity index is 939. The lowest BCUT2D eigenvalue weighted by Gasteiger charge is -2.10. The molecule has 0 saturated heterocycles. The molecule has 0 spiro atoms. The third kappa shape index (κ3) is 6.28. The van der Waals surface area contributed by atoms with Gasteiger partial charge in [-0.3, -0.25) is 9.79 Å². The highest BCUT2D eigenvalue weighted by molar-refractivity contribution is 7.99. The first-order valence-corrected chi connectivity index (χ1v) is 9.39. The standard InChI is InChI=1S/C22H21N3OS/c1-4-24-11-10-16(2)15-27-20-7-5-6-19(13-20)22(26)25-21-9-8-18(14-23)12-17(21)3/h4-13H,2,15H2,1,3H3,(H,25,26)/b11-10-,24-4?. The molecule has 2 aromatic rings. The third-order valence-electron chi connectivity index (χ3n) is 3.67. The number of nitrogens with zero attached hydrogens (tertiary/aromatic N) is 2. The van der Waals surface area contributed by atoms with Crippen LogP contribution in [0.5, 0.6) is 0 Å². The van der Waals surface area contributed by atoms with Crippen molar-refractivity contribution in [3.63, 3.8) is 0 Å². The maximum atomic E-state index is 12.6. The van der Waals surface area contributed by atoms with Gasteiger partial charge in [-0.2, -0.15) is 5.26 Å². The average Bonchev–Trinajstić information content (AvgIpc) is 2.68. The van der Waals surface area contributed by atoms with Crippen LogP contribution in [0.3, 0.4) is 0 Å². The van der Waals surface area contributed by atoms with Gasteiger partial charge >= 0.3 is 0 Å². The summed E-state index contributed by atoms with van der Waals surface area (Å²) >= 11 is 1.61. The summed E-state index contributed by atoms with van der Waals surface area (Å²) in [4.78, 5) is 17.6. The highest BCUT2D eigenvalue weighted by Crippen LogP contribution is 2.23. The summed E-state index contributed by atoms with van der Waals surface area (Å²) in [5, 5.41) is 11.8.